The molecule has 0 atom stereocenters. The van der Waals surface area contributed by atoms with Crippen LogP contribution in [0.4, 0.5) is 17.1 Å². The lowest BCUT2D eigenvalue weighted by molar-refractivity contribution is -0.115. The van der Waals surface area contributed by atoms with Crippen molar-refractivity contribution in [2.45, 2.75) is 6.92 Å². The molecule has 0 spiro atoms. The number of aryl methyl sites for hydroxylation is 1. The molecule has 0 heterocycles. The number of hydrogen-bond acceptors (Lipinski definition) is 4. The zero-order chi connectivity index (χ0) is 21.5. The van der Waals surface area contributed by atoms with Crippen molar-refractivity contribution in [3.05, 3.63) is 82.9 Å². The summed E-state index contributed by atoms with van der Waals surface area (Å²) in [6.07, 6.45) is 0. The van der Waals surface area contributed by atoms with E-state index in [1.807, 2.05) is 43.3 Å². The number of methoxy groups -OCH3 is 1. The molecule has 0 aliphatic heterocycles. The first-order valence-corrected chi connectivity index (χ1v) is 9.68. The van der Waals surface area contributed by atoms with E-state index in [0.29, 0.717) is 22.0 Å². The van der Waals surface area contributed by atoms with Gasteiger partial charge in [0.25, 0.3) is 5.91 Å². The Hall–Kier alpha value is -3.51. The minimum atomic E-state index is -0.366. The van der Waals surface area contributed by atoms with Gasteiger partial charge in [0.1, 0.15) is 5.75 Å². The Bertz CT molecular complexity index is 1050. The smallest absolute Gasteiger partial charge is 0.253 e. The standard InChI is InChI=1S/C23H22ClN3O3/c1-15-7-12-21(19(24)13-15)27-22(28)14-25-23(29)18-5-3-4-6-20(18)26-16-8-10-17(30-2)11-9-16/h3-13,26H,14H2,1-2H3,(H,25,29)(H,27,28). The van der Waals surface area contributed by atoms with E-state index in [0.717, 1.165) is 17.0 Å². The normalized spacial score (nSPS) is 10.2. The predicted octanol–water partition coefficient (Wildman–Crippen LogP) is 4.77. The Morgan fingerprint density at radius 1 is 0.967 bits per heavy atom. The van der Waals surface area contributed by atoms with Crippen molar-refractivity contribution in [2.75, 3.05) is 24.3 Å². The van der Waals surface area contributed by atoms with Crippen LogP contribution < -0.4 is 20.7 Å². The van der Waals surface area contributed by atoms with Crippen molar-refractivity contribution in [1.82, 2.24) is 5.32 Å². The third kappa shape index (κ3) is 5.52. The predicted molar refractivity (Wildman–Crippen MR) is 120 cm³/mol. The van der Waals surface area contributed by atoms with Crippen molar-refractivity contribution in [3.8, 4) is 5.75 Å². The van der Waals surface area contributed by atoms with E-state index in [-0.39, 0.29) is 18.4 Å². The van der Waals surface area contributed by atoms with Gasteiger partial charge in [-0.15, -0.1) is 0 Å². The van der Waals surface area contributed by atoms with Crippen LogP contribution in [0.25, 0.3) is 0 Å². The summed E-state index contributed by atoms with van der Waals surface area (Å²) in [5.74, 6) is 0.0118. The molecule has 7 heteroatoms. The Balaban J connectivity index is 1.63. The number of carbonyl (C=O) groups excluding carboxylic acids is 2. The molecule has 3 aromatic carbocycles. The Labute approximate surface area is 180 Å². The van der Waals surface area contributed by atoms with Crippen LogP contribution >= 0.6 is 11.6 Å². The van der Waals surface area contributed by atoms with Crippen molar-refractivity contribution in [3.63, 3.8) is 0 Å². The molecule has 0 unspecified atom stereocenters. The lowest BCUT2D eigenvalue weighted by atomic mass is 10.1. The van der Waals surface area contributed by atoms with E-state index >= 15 is 0 Å². The molecule has 0 fully saturated rings. The number of hydrogen-bond donors (Lipinski definition) is 3. The molecule has 0 aliphatic rings. The van der Waals surface area contributed by atoms with Crippen molar-refractivity contribution in [1.29, 1.82) is 0 Å². The summed E-state index contributed by atoms with van der Waals surface area (Å²) in [5.41, 5.74) is 3.36. The maximum Gasteiger partial charge on any atom is 0.253 e. The highest BCUT2D eigenvalue weighted by molar-refractivity contribution is 6.33. The summed E-state index contributed by atoms with van der Waals surface area (Å²) < 4.78 is 5.15. The molecule has 3 rings (SSSR count). The average molecular weight is 424 g/mol. The van der Waals surface area contributed by atoms with Crippen LogP contribution in [0.15, 0.2) is 66.7 Å². The van der Waals surface area contributed by atoms with E-state index < -0.39 is 0 Å². The van der Waals surface area contributed by atoms with Gasteiger partial charge in [-0.25, -0.2) is 0 Å². The number of ether oxygens (including phenoxy) is 1. The molecule has 2 amide bonds. The number of amides is 2. The lowest BCUT2D eigenvalue weighted by Gasteiger charge is -2.13. The zero-order valence-corrected chi connectivity index (χ0v) is 17.4. The third-order valence-electron chi connectivity index (χ3n) is 4.35. The first kappa shape index (κ1) is 21.2. The van der Waals surface area contributed by atoms with Crippen LogP contribution in [-0.2, 0) is 4.79 Å². The van der Waals surface area contributed by atoms with E-state index in [1.165, 1.54) is 0 Å². The highest BCUT2D eigenvalue weighted by Gasteiger charge is 2.13. The number of nitrogens with one attached hydrogen (secondary N) is 3. The molecule has 3 aromatic rings. The van der Waals surface area contributed by atoms with Crippen LogP contribution in [0.5, 0.6) is 5.75 Å². The summed E-state index contributed by atoms with van der Waals surface area (Å²) in [4.78, 5) is 24.9. The minimum Gasteiger partial charge on any atom is -0.497 e. The van der Waals surface area contributed by atoms with E-state index in [4.69, 9.17) is 16.3 Å². The topological polar surface area (TPSA) is 79.5 Å². The molecule has 0 aromatic heterocycles. The van der Waals surface area contributed by atoms with Crippen molar-refractivity contribution < 1.29 is 14.3 Å². The van der Waals surface area contributed by atoms with Gasteiger partial charge in [0.2, 0.25) is 5.91 Å². The van der Waals surface area contributed by atoms with Crippen LogP contribution in [0.1, 0.15) is 15.9 Å². The molecule has 3 N–H and O–H groups in total. The van der Waals surface area contributed by atoms with Gasteiger partial charge in [-0.3, -0.25) is 9.59 Å². The maximum atomic E-state index is 12.6. The van der Waals surface area contributed by atoms with Gasteiger partial charge >= 0.3 is 0 Å². The SMILES string of the molecule is COc1ccc(Nc2ccccc2C(=O)NCC(=O)Nc2ccc(C)cc2Cl)cc1. The summed E-state index contributed by atoms with van der Waals surface area (Å²) in [6, 6.07) is 19.8. The largest absolute Gasteiger partial charge is 0.497 e. The van der Waals surface area contributed by atoms with Crippen LogP contribution in [0.2, 0.25) is 5.02 Å². The van der Waals surface area contributed by atoms with Gasteiger partial charge in [0, 0.05) is 5.69 Å². The first-order valence-electron chi connectivity index (χ1n) is 9.30. The number of halogens is 1. The molecule has 154 valence electrons. The number of benzene rings is 3. The second kappa shape index (κ2) is 9.80. The monoisotopic (exact) mass is 423 g/mol. The van der Waals surface area contributed by atoms with Crippen LogP contribution in [-0.4, -0.2) is 25.5 Å². The first-order chi connectivity index (χ1) is 14.5. The summed E-state index contributed by atoms with van der Waals surface area (Å²) in [6.45, 7) is 1.73. The van der Waals surface area contributed by atoms with Gasteiger partial charge < -0.3 is 20.7 Å². The van der Waals surface area contributed by atoms with Gasteiger partial charge in [-0.05, 0) is 61.0 Å². The van der Waals surface area contributed by atoms with E-state index in [1.54, 1.807) is 37.4 Å². The highest BCUT2D eigenvalue weighted by atomic mass is 35.5. The lowest BCUT2D eigenvalue weighted by Crippen LogP contribution is -2.33. The summed E-state index contributed by atoms with van der Waals surface area (Å²) >= 11 is 6.13. The van der Waals surface area contributed by atoms with Crippen molar-refractivity contribution >= 4 is 40.5 Å². The maximum absolute atomic E-state index is 12.6. The summed E-state index contributed by atoms with van der Waals surface area (Å²) in [5, 5.41) is 9.00. The van der Waals surface area contributed by atoms with E-state index in [9.17, 15) is 9.59 Å². The van der Waals surface area contributed by atoms with Crippen LogP contribution in [0, 0.1) is 6.92 Å². The molecule has 0 bridgehead atoms. The molecule has 6 nitrogen and oxygen atoms in total. The molecule has 30 heavy (non-hydrogen) atoms. The fourth-order valence-corrected chi connectivity index (χ4v) is 3.07. The quantitative estimate of drug-likeness (QED) is 0.511. The Morgan fingerprint density at radius 2 is 1.70 bits per heavy atom. The van der Waals surface area contributed by atoms with Crippen molar-refractivity contribution in [2.24, 2.45) is 0 Å². The molecule has 0 radical (unpaired) electrons. The second-order valence-electron chi connectivity index (χ2n) is 6.61. The Kier molecular flexibility index (Phi) is 6.93. The second-order valence-corrected chi connectivity index (χ2v) is 7.02. The summed E-state index contributed by atoms with van der Waals surface area (Å²) in [7, 11) is 1.60. The molecule has 0 saturated heterocycles. The number of anilines is 3. The van der Waals surface area contributed by atoms with Gasteiger partial charge in [-0.1, -0.05) is 29.8 Å². The fraction of sp³-hybridized carbons (Fsp3) is 0.130. The highest BCUT2D eigenvalue weighted by Crippen LogP contribution is 2.24. The Morgan fingerprint density at radius 3 is 2.40 bits per heavy atom. The van der Waals surface area contributed by atoms with E-state index in [2.05, 4.69) is 16.0 Å². The van der Waals surface area contributed by atoms with Gasteiger partial charge in [-0.2, -0.15) is 0 Å². The minimum absolute atomic E-state index is 0.181. The van der Waals surface area contributed by atoms with Crippen LogP contribution in [0.3, 0.4) is 0 Å². The van der Waals surface area contributed by atoms with Gasteiger partial charge in [0.05, 0.1) is 35.6 Å². The zero-order valence-electron chi connectivity index (χ0n) is 16.7. The molecule has 0 aliphatic carbocycles. The number of rotatable bonds is 7. The number of carbonyl (C=O) groups is 2. The molecular formula is C23H22ClN3O3. The third-order valence-corrected chi connectivity index (χ3v) is 4.66. The molecular weight excluding hydrogens is 402 g/mol. The van der Waals surface area contributed by atoms with Gasteiger partial charge in [0.15, 0.2) is 0 Å². The average Bonchev–Trinajstić information content (AvgIpc) is 2.75. The molecule has 0 saturated carbocycles. The number of para-hydroxylation sites is 1. The fourth-order valence-electron chi connectivity index (χ4n) is 2.79.